The van der Waals surface area contributed by atoms with Gasteiger partial charge in [-0.3, -0.25) is 4.79 Å². The normalized spacial score (nSPS) is 17.4. The van der Waals surface area contributed by atoms with Gasteiger partial charge in [-0.25, -0.2) is 4.98 Å². The number of aromatic nitrogens is 2. The second-order valence-electron chi connectivity index (χ2n) is 6.54. The molecule has 0 saturated carbocycles. The summed E-state index contributed by atoms with van der Waals surface area (Å²) in [5, 5.41) is 0. The Kier molecular flexibility index (Phi) is 5.26. The average molecular weight is 343 g/mol. The lowest BCUT2D eigenvalue weighted by molar-refractivity contribution is 0.0623. The van der Waals surface area contributed by atoms with Crippen LogP contribution in [0.2, 0.25) is 0 Å². The summed E-state index contributed by atoms with van der Waals surface area (Å²) < 4.78 is 12.9. The van der Waals surface area contributed by atoms with Gasteiger partial charge in [0.15, 0.2) is 0 Å². The molecule has 0 unspecified atom stereocenters. The van der Waals surface area contributed by atoms with Gasteiger partial charge in [0.2, 0.25) is 0 Å². The number of carbonyl (C=O) groups excluding carboxylic acids is 1. The van der Waals surface area contributed by atoms with Crippen molar-refractivity contribution in [1.82, 2.24) is 14.5 Å². The van der Waals surface area contributed by atoms with Gasteiger partial charge < -0.3 is 18.9 Å². The third-order valence-electron chi connectivity index (χ3n) is 4.66. The quantitative estimate of drug-likeness (QED) is 0.837. The number of hydrogen-bond acceptors (Lipinski definition) is 4. The molecule has 3 rings (SSSR count). The summed E-state index contributed by atoms with van der Waals surface area (Å²) in [7, 11) is 3.50. The molecule has 2 heterocycles. The number of rotatable bonds is 5. The maximum Gasteiger partial charge on any atom is 0.272 e. The molecule has 1 aliphatic heterocycles. The van der Waals surface area contributed by atoms with E-state index in [1.54, 1.807) is 18.0 Å². The van der Waals surface area contributed by atoms with Gasteiger partial charge in [-0.1, -0.05) is 6.07 Å². The van der Waals surface area contributed by atoms with Gasteiger partial charge in [0.05, 0.1) is 25.7 Å². The molecule has 0 N–H and O–H groups in total. The lowest BCUT2D eigenvalue weighted by atomic mass is 9.98. The first-order valence-electron chi connectivity index (χ1n) is 8.62. The molecule has 134 valence electrons. The summed E-state index contributed by atoms with van der Waals surface area (Å²) in [6, 6.07) is 7.61. The Morgan fingerprint density at radius 1 is 1.36 bits per heavy atom. The fourth-order valence-electron chi connectivity index (χ4n) is 3.29. The minimum atomic E-state index is 0.0589. The summed E-state index contributed by atoms with van der Waals surface area (Å²) in [4.78, 5) is 19.0. The van der Waals surface area contributed by atoms with Crippen molar-refractivity contribution in [3.8, 4) is 11.5 Å². The van der Waals surface area contributed by atoms with Gasteiger partial charge in [0, 0.05) is 32.1 Å². The molecule has 0 bridgehead atoms. The lowest BCUT2D eigenvalue weighted by Gasteiger charge is -2.32. The Morgan fingerprint density at radius 3 is 2.88 bits per heavy atom. The highest BCUT2D eigenvalue weighted by Crippen LogP contribution is 2.23. The SMILES string of the molecule is COc1cccc(OC[C@H]2CCCN(C(=O)c3c(C)ncn3C)C2)c1. The molecule has 25 heavy (non-hydrogen) atoms. The fraction of sp³-hybridized carbons (Fsp3) is 0.474. The van der Waals surface area contributed by atoms with Gasteiger partial charge >= 0.3 is 0 Å². The lowest BCUT2D eigenvalue weighted by Crippen LogP contribution is -2.42. The highest BCUT2D eigenvalue weighted by Gasteiger charge is 2.27. The number of aryl methyl sites for hydroxylation is 2. The highest BCUT2D eigenvalue weighted by molar-refractivity contribution is 5.93. The Balaban J connectivity index is 1.60. The van der Waals surface area contributed by atoms with Crippen LogP contribution < -0.4 is 9.47 Å². The van der Waals surface area contributed by atoms with Crippen LogP contribution in [-0.4, -0.2) is 47.2 Å². The molecule has 0 spiro atoms. The number of piperidine rings is 1. The maximum atomic E-state index is 12.8. The summed E-state index contributed by atoms with van der Waals surface area (Å²) >= 11 is 0. The van der Waals surface area contributed by atoms with E-state index in [1.165, 1.54) is 0 Å². The number of hydrogen-bond donors (Lipinski definition) is 0. The van der Waals surface area contributed by atoms with Crippen molar-refractivity contribution in [2.75, 3.05) is 26.8 Å². The highest BCUT2D eigenvalue weighted by atomic mass is 16.5. The zero-order valence-corrected chi connectivity index (χ0v) is 15.1. The van der Waals surface area contributed by atoms with Crippen molar-refractivity contribution < 1.29 is 14.3 Å². The molecule has 1 aromatic carbocycles. The Bertz CT molecular complexity index is 722. The summed E-state index contributed by atoms with van der Waals surface area (Å²) in [5.41, 5.74) is 1.46. The predicted octanol–water partition coefficient (Wildman–Crippen LogP) is 2.67. The van der Waals surface area contributed by atoms with Crippen LogP contribution in [-0.2, 0) is 7.05 Å². The van der Waals surface area contributed by atoms with Crippen LogP contribution in [0.15, 0.2) is 30.6 Å². The van der Waals surface area contributed by atoms with E-state index in [1.807, 2.05) is 43.1 Å². The van der Waals surface area contributed by atoms with Crippen LogP contribution >= 0.6 is 0 Å². The zero-order chi connectivity index (χ0) is 17.8. The first kappa shape index (κ1) is 17.3. The van der Waals surface area contributed by atoms with Crippen LogP contribution in [0.4, 0.5) is 0 Å². The van der Waals surface area contributed by atoms with Crippen molar-refractivity contribution in [2.45, 2.75) is 19.8 Å². The summed E-state index contributed by atoms with van der Waals surface area (Å²) in [6.45, 7) is 3.98. The van der Waals surface area contributed by atoms with E-state index in [0.717, 1.165) is 36.6 Å². The first-order chi connectivity index (χ1) is 12.1. The standard InChI is InChI=1S/C19H25N3O3/c1-14-18(21(2)13-20-14)19(23)22-9-5-6-15(11-22)12-25-17-8-4-7-16(10-17)24-3/h4,7-8,10,13,15H,5-6,9,11-12H2,1-3H3/t15-/m0/s1. The molecule has 2 aromatic rings. The fourth-order valence-corrected chi connectivity index (χ4v) is 3.29. The second-order valence-corrected chi connectivity index (χ2v) is 6.54. The number of methoxy groups -OCH3 is 1. The number of carbonyl (C=O) groups is 1. The van der Waals surface area contributed by atoms with E-state index in [9.17, 15) is 4.79 Å². The molecule has 1 aromatic heterocycles. The van der Waals surface area contributed by atoms with E-state index in [-0.39, 0.29) is 5.91 Å². The molecule has 1 fully saturated rings. The van der Waals surface area contributed by atoms with Crippen LogP contribution in [0.1, 0.15) is 29.0 Å². The van der Waals surface area contributed by atoms with E-state index in [4.69, 9.17) is 9.47 Å². The molecule has 1 aliphatic rings. The van der Waals surface area contributed by atoms with Crippen molar-refractivity contribution in [3.63, 3.8) is 0 Å². The number of ether oxygens (including phenoxy) is 2. The summed E-state index contributed by atoms with van der Waals surface area (Å²) in [5.74, 6) is 1.97. The summed E-state index contributed by atoms with van der Waals surface area (Å²) in [6.07, 6.45) is 3.75. The third-order valence-corrected chi connectivity index (χ3v) is 4.66. The average Bonchev–Trinajstić information content (AvgIpc) is 2.98. The van der Waals surface area contributed by atoms with Crippen molar-refractivity contribution in [2.24, 2.45) is 13.0 Å². The van der Waals surface area contributed by atoms with Crippen molar-refractivity contribution >= 4 is 5.91 Å². The number of amides is 1. The third kappa shape index (κ3) is 3.95. The number of likely N-dealkylation sites (tertiary alicyclic amines) is 1. The van der Waals surface area contributed by atoms with Gasteiger partial charge in [0.1, 0.15) is 17.2 Å². The Morgan fingerprint density at radius 2 is 2.16 bits per heavy atom. The van der Waals surface area contributed by atoms with Crippen LogP contribution in [0.5, 0.6) is 11.5 Å². The van der Waals surface area contributed by atoms with E-state index < -0.39 is 0 Å². The van der Waals surface area contributed by atoms with Crippen LogP contribution in [0.25, 0.3) is 0 Å². The van der Waals surface area contributed by atoms with E-state index >= 15 is 0 Å². The number of benzene rings is 1. The van der Waals surface area contributed by atoms with Gasteiger partial charge in [-0.2, -0.15) is 0 Å². The van der Waals surface area contributed by atoms with E-state index in [2.05, 4.69) is 4.98 Å². The zero-order valence-electron chi connectivity index (χ0n) is 15.1. The molecular formula is C19H25N3O3. The molecule has 6 nitrogen and oxygen atoms in total. The topological polar surface area (TPSA) is 56.6 Å². The number of imidazole rings is 1. The molecule has 1 saturated heterocycles. The van der Waals surface area contributed by atoms with Crippen molar-refractivity contribution in [3.05, 3.63) is 42.0 Å². The molecule has 1 amide bonds. The first-order valence-corrected chi connectivity index (χ1v) is 8.62. The smallest absolute Gasteiger partial charge is 0.272 e. The molecule has 0 aliphatic carbocycles. The van der Waals surface area contributed by atoms with Gasteiger partial charge in [0.25, 0.3) is 5.91 Å². The molecular weight excluding hydrogens is 318 g/mol. The van der Waals surface area contributed by atoms with Crippen LogP contribution in [0.3, 0.4) is 0 Å². The Hall–Kier alpha value is -2.50. The van der Waals surface area contributed by atoms with E-state index in [0.29, 0.717) is 24.8 Å². The minimum absolute atomic E-state index is 0.0589. The molecule has 0 radical (unpaired) electrons. The Labute approximate surface area is 148 Å². The monoisotopic (exact) mass is 343 g/mol. The van der Waals surface area contributed by atoms with Gasteiger partial charge in [-0.15, -0.1) is 0 Å². The number of nitrogens with zero attached hydrogens (tertiary/aromatic N) is 3. The predicted molar refractivity (Wildman–Crippen MR) is 95.1 cm³/mol. The second kappa shape index (κ2) is 7.59. The minimum Gasteiger partial charge on any atom is -0.497 e. The van der Waals surface area contributed by atoms with Gasteiger partial charge in [-0.05, 0) is 31.9 Å². The maximum absolute atomic E-state index is 12.8. The molecule has 1 atom stereocenters. The van der Waals surface area contributed by atoms with Crippen LogP contribution in [0, 0.1) is 12.8 Å². The largest absolute Gasteiger partial charge is 0.497 e. The molecule has 6 heteroatoms. The van der Waals surface area contributed by atoms with Crippen molar-refractivity contribution in [1.29, 1.82) is 0 Å².